The van der Waals surface area contributed by atoms with E-state index in [-0.39, 0.29) is 6.04 Å². The molecule has 1 aliphatic rings. The van der Waals surface area contributed by atoms with Crippen LogP contribution in [0.5, 0.6) is 0 Å². The summed E-state index contributed by atoms with van der Waals surface area (Å²) in [5, 5.41) is 2.95. The molecule has 0 aromatic heterocycles. The number of rotatable bonds is 9. The van der Waals surface area contributed by atoms with Crippen molar-refractivity contribution in [3.8, 4) is 11.1 Å². The van der Waals surface area contributed by atoms with E-state index in [0.29, 0.717) is 0 Å². The van der Waals surface area contributed by atoms with Gasteiger partial charge in [-0.05, 0) is 53.8 Å². The van der Waals surface area contributed by atoms with Crippen LogP contribution < -0.4 is 10.4 Å². The Labute approximate surface area is 190 Å². The van der Waals surface area contributed by atoms with Crippen LogP contribution in [0.25, 0.3) is 11.1 Å². The minimum Gasteiger partial charge on any atom is -0.381 e. The first kappa shape index (κ1) is 21.5. The third-order valence-corrected chi connectivity index (χ3v) is 5.84. The molecule has 31 heavy (non-hydrogen) atoms. The largest absolute Gasteiger partial charge is 0.381 e. The van der Waals surface area contributed by atoms with Crippen molar-refractivity contribution in [1.29, 1.82) is 0 Å². The predicted molar refractivity (Wildman–Crippen MR) is 130 cm³/mol. The van der Waals surface area contributed by atoms with Crippen LogP contribution in [0.4, 0.5) is 5.69 Å². The standard InChI is InChI=1S/C27H29ClN2O/c1-2-3-19-31-20-17-21-8-10-22(11-9-21)25-6-4-5-7-27(25)30-26(16-18-29-30)23-12-14-24(28)15-13-23/h4-16,18,26,29H,2-3,17,19-20H2,1H3. The van der Waals surface area contributed by atoms with Crippen LogP contribution in [0.1, 0.15) is 36.9 Å². The number of unbranched alkanes of at least 4 members (excludes halogenated alkanes) is 1. The van der Waals surface area contributed by atoms with Gasteiger partial charge in [-0.1, -0.05) is 79.5 Å². The van der Waals surface area contributed by atoms with Gasteiger partial charge in [0.05, 0.1) is 18.3 Å². The monoisotopic (exact) mass is 432 g/mol. The third-order valence-electron chi connectivity index (χ3n) is 5.59. The molecule has 1 atom stereocenters. The molecule has 0 saturated heterocycles. The van der Waals surface area contributed by atoms with Crippen molar-refractivity contribution >= 4 is 17.3 Å². The van der Waals surface area contributed by atoms with E-state index in [2.05, 4.69) is 84.1 Å². The number of hydrogen-bond donors (Lipinski definition) is 1. The fourth-order valence-electron chi connectivity index (χ4n) is 3.84. The first-order valence-electron chi connectivity index (χ1n) is 11.0. The number of anilines is 1. The molecule has 1 aliphatic heterocycles. The molecule has 1 heterocycles. The van der Waals surface area contributed by atoms with Gasteiger partial charge in [0.1, 0.15) is 0 Å². The van der Waals surface area contributed by atoms with E-state index >= 15 is 0 Å². The average Bonchev–Trinajstić information content (AvgIpc) is 3.30. The normalized spacial score (nSPS) is 15.3. The van der Waals surface area contributed by atoms with Gasteiger partial charge >= 0.3 is 0 Å². The number of nitrogens with one attached hydrogen (secondary N) is 1. The fraction of sp³-hybridized carbons (Fsp3) is 0.259. The maximum atomic E-state index is 6.09. The highest BCUT2D eigenvalue weighted by Gasteiger charge is 2.24. The minimum absolute atomic E-state index is 0.109. The molecule has 4 rings (SSSR count). The highest BCUT2D eigenvalue weighted by atomic mass is 35.5. The second-order valence-electron chi connectivity index (χ2n) is 7.78. The Morgan fingerprint density at radius 2 is 1.71 bits per heavy atom. The molecule has 0 saturated carbocycles. The zero-order valence-corrected chi connectivity index (χ0v) is 18.7. The van der Waals surface area contributed by atoms with Crippen molar-refractivity contribution in [2.75, 3.05) is 18.2 Å². The average molecular weight is 433 g/mol. The van der Waals surface area contributed by atoms with Crippen molar-refractivity contribution in [2.45, 2.75) is 32.2 Å². The summed E-state index contributed by atoms with van der Waals surface area (Å²) in [7, 11) is 0. The molecule has 4 heteroatoms. The van der Waals surface area contributed by atoms with Crippen molar-refractivity contribution in [3.05, 3.63) is 101 Å². The Balaban J connectivity index is 1.51. The molecule has 1 N–H and O–H groups in total. The Hall–Kier alpha value is -2.75. The van der Waals surface area contributed by atoms with Gasteiger partial charge in [0, 0.05) is 23.4 Å². The van der Waals surface area contributed by atoms with E-state index in [1.807, 2.05) is 18.3 Å². The van der Waals surface area contributed by atoms with Gasteiger partial charge in [-0.2, -0.15) is 0 Å². The maximum Gasteiger partial charge on any atom is 0.0952 e. The highest BCUT2D eigenvalue weighted by Crippen LogP contribution is 2.37. The van der Waals surface area contributed by atoms with Gasteiger partial charge < -0.3 is 10.2 Å². The van der Waals surface area contributed by atoms with Crippen LogP contribution >= 0.6 is 11.6 Å². The SMILES string of the molecule is CCCCOCCc1ccc(-c2ccccc2N2NC=CC2c2ccc(Cl)cc2)cc1. The maximum absolute atomic E-state index is 6.09. The number of hydrogen-bond acceptors (Lipinski definition) is 3. The molecule has 1 unspecified atom stereocenters. The van der Waals surface area contributed by atoms with Gasteiger partial charge in [-0.3, -0.25) is 5.01 Å². The topological polar surface area (TPSA) is 24.5 Å². The lowest BCUT2D eigenvalue weighted by molar-refractivity contribution is 0.134. The summed E-state index contributed by atoms with van der Waals surface area (Å²) in [5.41, 5.74) is 9.45. The number of benzene rings is 3. The molecule has 0 amide bonds. The Kier molecular flexibility index (Phi) is 7.29. The van der Waals surface area contributed by atoms with Crippen LogP contribution in [-0.2, 0) is 11.2 Å². The summed E-state index contributed by atoms with van der Waals surface area (Å²) in [6.07, 6.45) is 7.42. The summed E-state index contributed by atoms with van der Waals surface area (Å²) >= 11 is 6.09. The van der Waals surface area contributed by atoms with E-state index in [1.54, 1.807) is 0 Å². The molecule has 0 aliphatic carbocycles. The lowest BCUT2D eigenvalue weighted by atomic mass is 9.99. The Morgan fingerprint density at radius 1 is 0.935 bits per heavy atom. The second-order valence-corrected chi connectivity index (χ2v) is 8.22. The molecule has 0 spiro atoms. The molecule has 3 aromatic rings. The lowest BCUT2D eigenvalue weighted by Crippen LogP contribution is -2.32. The quantitative estimate of drug-likeness (QED) is 0.370. The van der Waals surface area contributed by atoms with E-state index in [1.165, 1.54) is 28.7 Å². The van der Waals surface area contributed by atoms with E-state index in [0.717, 1.165) is 36.8 Å². The first-order valence-corrected chi connectivity index (χ1v) is 11.4. The number of ether oxygens (including phenoxy) is 1. The summed E-state index contributed by atoms with van der Waals surface area (Å²) in [5.74, 6) is 0. The highest BCUT2D eigenvalue weighted by molar-refractivity contribution is 6.30. The molecular formula is C27H29ClN2O. The van der Waals surface area contributed by atoms with Crippen molar-refractivity contribution < 1.29 is 4.74 Å². The van der Waals surface area contributed by atoms with Crippen LogP contribution in [0.3, 0.4) is 0 Å². The third kappa shape index (κ3) is 5.30. The smallest absolute Gasteiger partial charge is 0.0952 e. The van der Waals surface area contributed by atoms with Crippen LogP contribution in [0.15, 0.2) is 85.1 Å². The van der Waals surface area contributed by atoms with Gasteiger partial charge in [0.2, 0.25) is 0 Å². The molecule has 0 radical (unpaired) electrons. The molecule has 160 valence electrons. The minimum atomic E-state index is 0.109. The first-order chi connectivity index (χ1) is 15.3. The fourth-order valence-corrected chi connectivity index (χ4v) is 3.96. The molecule has 0 fully saturated rings. The molecule has 3 nitrogen and oxygen atoms in total. The summed E-state index contributed by atoms with van der Waals surface area (Å²) < 4.78 is 5.71. The zero-order chi connectivity index (χ0) is 21.5. The summed E-state index contributed by atoms with van der Waals surface area (Å²) in [4.78, 5) is 0. The number of para-hydroxylation sites is 1. The van der Waals surface area contributed by atoms with E-state index in [4.69, 9.17) is 16.3 Å². The zero-order valence-electron chi connectivity index (χ0n) is 17.9. The second kappa shape index (κ2) is 10.5. The van der Waals surface area contributed by atoms with Crippen LogP contribution in [0.2, 0.25) is 5.02 Å². The Morgan fingerprint density at radius 3 is 2.48 bits per heavy atom. The van der Waals surface area contributed by atoms with Crippen LogP contribution in [0, 0.1) is 0 Å². The number of hydrazine groups is 1. The van der Waals surface area contributed by atoms with Crippen molar-refractivity contribution in [1.82, 2.24) is 5.43 Å². The van der Waals surface area contributed by atoms with Crippen molar-refractivity contribution in [2.24, 2.45) is 0 Å². The van der Waals surface area contributed by atoms with Gasteiger partial charge in [-0.15, -0.1) is 0 Å². The van der Waals surface area contributed by atoms with E-state index in [9.17, 15) is 0 Å². The van der Waals surface area contributed by atoms with Gasteiger partial charge in [0.25, 0.3) is 0 Å². The van der Waals surface area contributed by atoms with Gasteiger partial charge in [-0.25, -0.2) is 0 Å². The van der Waals surface area contributed by atoms with Gasteiger partial charge in [0.15, 0.2) is 0 Å². The predicted octanol–water partition coefficient (Wildman–Crippen LogP) is 6.95. The lowest BCUT2D eigenvalue weighted by Gasteiger charge is -2.29. The van der Waals surface area contributed by atoms with Crippen molar-refractivity contribution in [3.63, 3.8) is 0 Å². The summed E-state index contributed by atoms with van der Waals surface area (Å²) in [6, 6.07) is 25.5. The number of halogens is 1. The summed E-state index contributed by atoms with van der Waals surface area (Å²) in [6.45, 7) is 3.82. The van der Waals surface area contributed by atoms with E-state index < -0.39 is 0 Å². The molecule has 0 bridgehead atoms. The Bertz CT molecular complexity index is 999. The number of nitrogens with zero attached hydrogens (tertiary/aromatic N) is 1. The molecular weight excluding hydrogens is 404 g/mol. The van der Waals surface area contributed by atoms with Crippen LogP contribution in [-0.4, -0.2) is 13.2 Å². The molecule has 3 aromatic carbocycles.